The molecule has 0 unspecified atom stereocenters. The minimum atomic E-state index is -3.50. The van der Waals surface area contributed by atoms with E-state index >= 15 is 0 Å². The van der Waals surface area contributed by atoms with E-state index in [4.69, 9.17) is 0 Å². The first kappa shape index (κ1) is 18.9. The van der Waals surface area contributed by atoms with Gasteiger partial charge in [0.1, 0.15) is 0 Å². The van der Waals surface area contributed by atoms with Crippen molar-refractivity contribution in [3.8, 4) is 0 Å². The lowest BCUT2D eigenvalue weighted by molar-refractivity contribution is -0.913. The average Bonchev–Trinajstić information content (AvgIpc) is 2.83. The molecule has 1 fully saturated rings. The molecular weight excluding hydrogens is 326 g/mol. The number of likely N-dealkylation sites (tertiary alicyclic amines) is 1. The zero-order chi connectivity index (χ0) is 17.7. The lowest BCUT2D eigenvalue weighted by atomic mass is 10.2. The Kier molecular flexibility index (Phi) is 6.37. The zero-order valence-corrected chi connectivity index (χ0v) is 15.5. The molecule has 1 heterocycles. The molecule has 2 rings (SSSR count). The number of carbonyl (C=O) groups is 1. The van der Waals surface area contributed by atoms with Crippen LogP contribution >= 0.6 is 0 Å². The van der Waals surface area contributed by atoms with E-state index in [0.29, 0.717) is 5.69 Å². The number of quaternary nitrogens is 1. The maximum atomic E-state index is 12.5. The number of hydrogen-bond donors (Lipinski definition) is 2. The molecule has 24 heavy (non-hydrogen) atoms. The first-order chi connectivity index (χ1) is 11.3. The van der Waals surface area contributed by atoms with Crippen molar-refractivity contribution in [1.82, 2.24) is 4.31 Å². The molecular formula is C17H28N3O3S+. The van der Waals surface area contributed by atoms with Gasteiger partial charge < -0.3 is 10.2 Å². The fourth-order valence-electron chi connectivity index (χ4n) is 3.00. The van der Waals surface area contributed by atoms with Gasteiger partial charge in [-0.15, -0.1) is 0 Å². The van der Waals surface area contributed by atoms with Gasteiger partial charge in [-0.1, -0.05) is 6.07 Å². The van der Waals surface area contributed by atoms with E-state index in [1.54, 1.807) is 12.1 Å². The van der Waals surface area contributed by atoms with Gasteiger partial charge in [0.25, 0.3) is 5.91 Å². The summed E-state index contributed by atoms with van der Waals surface area (Å²) in [5.41, 5.74) is 0.518. The number of amides is 1. The molecule has 0 bridgehead atoms. The summed E-state index contributed by atoms with van der Waals surface area (Å²) in [6, 6.07) is 6.27. The Morgan fingerprint density at radius 3 is 2.38 bits per heavy atom. The molecule has 1 aromatic carbocycles. The molecule has 1 amide bonds. The van der Waals surface area contributed by atoms with Crippen molar-refractivity contribution in [3.63, 3.8) is 0 Å². The molecule has 0 saturated carbocycles. The molecule has 1 atom stereocenters. The number of rotatable bonds is 5. The minimum Gasteiger partial charge on any atom is -0.325 e. The highest BCUT2D eigenvalue weighted by atomic mass is 32.2. The van der Waals surface area contributed by atoms with E-state index in [0.717, 1.165) is 30.2 Å². The first-order valence-corrected chi connectivity index (χ1v) is 9.94. The summed E-state index contributed by atoms with van der Waals surface area (Å²) in [6.45, 7) is 3.98. The number of benzene rings is 1. The zero-order valence-electron chi connectivity index (χ0n) is 14.7. The molecule has 1 aliphatic rings. The van der Waals surface area contributed by atoms with Gasteiger partial charge in [-0.3, -0.25) is 4.79 Å². The van der Waals surface area contributed by atoms with Crippen molar-refractivity contribution in [2.75, 3.05) is 32.5 Å². The first-order valence-electron chi connectivity index (χ1n) is 8.50. The largest absolute Gasteiger partial charge is 0.325 e. The van der Waals surface area contributed by atoms with Crippen LogP contribution < -0.4 is 10.2 Å². The molecule has 7 heteroatoms. The second-order valence-electron chi connectivity index (χ2n) is 6.60. The Morgan fingerprint density at radius 1 is 1.17 bits per heavy atom. The monoisotopic (exact) mass is 354 g/mol. The molecule has 134 valence electrons. The van der Waals surface area contributed by atoms with E-state index in [9.17, 15) is 13.2 Å². The van der Waals surface area contributed by atoms with Crippen molar-refractivity contribution in [3.05, 3.63) is 24.3 Å². The smallest absolute Gasteiger partial charge is 0.282 e. The van der Waals surface area contributed by atoms with Crippen LogP contribution in [0.1, 0.15) is 32.6 Å². The summed E-state index contributed by atoms with van der Waals surface area (Å²) in [4.78, 5) is 14.0. The number of anilines is 1. The van der Waals surface area contributed by atoms with Crippen LogP contribution in [0.25, 0.3) is 0 Å². The summed E-state index contributed by atoms with van der Waals surface area (Å²) in [5, 5.41) is 2.87. The molecule has 1 saturated heterocycles. The van der Waals surface area contributed by atoms with Gasteiger partial charge in [0, 0.05) is 19.8 Å². The maximum Gasteiger partial charge on any atom is 0.282 e. The van der Waals surface area contributed by atoms with E-state index in [1.807, 2.05) is 6.92 Å². The summed E-state index contributed by atoms with van der Waals surface area (Å²) in [5.74, 6) is -0.0636. The quantitative estimate of drug-likeness (QED) is 0.819. The van der Waals surface area contributed by atoms with Gasteiger partial charge in [0.2, 0.25) is 10.0 Å². The van der Waals surface area contributed by atoms with Crippen LogP contribution in [0.2, 0.25) is 0 Å². The van der Waals surface area contributed by atoms with Crippen LogP contribution in [0.3, 0.4) is 0 Å². The summed E-state index contributed by atoms with van der Waals surface area (Å²) in [6.07, 6.45) is 4.79. The lowest BCUT2D eigenvalue weighted by Gasteiger charge is -2.23. The molecule has 0 aliphatic carbocycles. The van der Waals surface area contributed by atoms with Crippen molar-refractivity contribution >= 4 is 21.6 Å². The van der Waals surface area contributed by atoms with Crippen molar-refractivity contribution < 1.29 is 18.1 Å². The van der Waals surface area contributed by atoms with Crippen molar-refractivity contribution in [2.45, 2.75) is 43.5 Å². The molecule has 6 nitrogen and oxygen atoms in total. The summed E-state index contributed by atoms with van der Waals surface area (Å²) < 4.78 is 25.6. The Labute approximate surface area is 144 Å². The van der Waals surface area contributed by atoms with Crippen LogP contribution in [-0.2, 0) is 14.8 Å². The van der Waals surface area contributed by atoms with Gasteiger partial charge in [0.15, 0.2) is 6.04 Å². The Morgan fingerprint density at radius 2 is 1.79 bits per heavy atom. The van der Waals surface area contributed by atoms with Crippen LogP contribution in [0, 0.1) is 0 Å². The van der Waals surface area contributed by atoms with Crippen molar-refractivity contribution in [2.24, 2.45) is 0 Å². The second-order valence-corrected chi connectivity index (χ2v) is 8.75. The Bertz CT molecular complexity index is 665. The van der Waals surface area contributed by atoms with Gasteiger partial charge in [0.05, 0.1) is 18.0 Å². The third-order valence-corrected chi connectivity index (χ3v) is 6.44. The fourth-order valence-corrected chi connectivity index (χ4v) is 3.94. The predicted molar refractivity (Wildman–Crippen MR) is 94.6 cm³/mol. The molecule has 0 radical (unpaired) electrons. The van der Waals surface area contributed by atoms with Crippen molar-refractivity contribution in [1.29, 1.82) is 0 Å². The maximum absolute atomic E-state index is 12.5. The number of nitrogens with one attached hydrogen (secondary N) is 2. The minimum absolute atomic E-state index is 0.0636. The standard InChI is InChI=1S/C17H27N3O3S/c1-14(20-11-6-4-5-7-12-20)17(21)18-15-9-8-10-16(13-15)24(22,23)19(2)3/h8-10,13-14H,4-7,11-12H2,1-3H3,(H,18,21)/p+1/t14-/m1/s1. The molecule has 2 N–H and O–H groups in total. The average molecular weight is 354 g/mol. The van der Waals surface area contributed by atoms with E-state index in [2.05, 4.69) is 5.32 Å². The molecule has 0 spiro atoms. The van der Waals surface area contributed by atoms with Crippen LogP contribution in [0.5, 0.6) is 0 Å². The second kappa shape index (κ2) is 8.09. The van der Waals surface area contributed by atoms with E-state index in [1.165, 1.54) is 44.0 Å². The predicted octanol–water partition coefficient (Wildman–Crippen LogP) is 0.723. The topological polar surface area (TPSA) is 70.9 Å². The number of carbonyl (C=O) groups excluding carboxylic acids is 1. The summed E-state index contributed by atoms with van der Waals surface area (Å²) in [7, 11) is -0.521. The Balaban J connectivity index is 2.09. The van der Waals surface area contributed by atoms with Crippen LogP contribution in [0.15, 0.2) is 29.2 Å². The summed E-state index contributed by atoms with van der Waals surface area (Å²) >= 11 is 0. The molecule has 0 aromatic heterocycles. The highest BCUT2D eigenvalue weighted by molar-refractivity contribution is 7.89. The highest BCUT2D eigenvalue weighted by Gasteiger charge is 2.26. The van der Waals surface area contributed by atoms with E-state index in [-0.39, 0.29) is 16.8 Å². The fraction of sp³-hybridized carbons (Fsp3) is 0.588. The lowest BCUT2D eigenvalue weighted by Crippen LogP contribution is -3.16. The van der Waals surface area contributed by atoms with Gasteiger partial charge in [-0.25, -0.2) is 12.7 Å². The molecule has 1 aliphatic heterocycles. The number of sulfonamides is 1. The third kappa shape index (κ3) is 4.55. The van der Waals surface area contributed by atoms with Crippen LogP contribution in [0.4, 0.5) is 5.69 Å². The Hall–Kier alpha value is -1.44. The van der Waals surface area contributed by atoms with Gasteiger partial charge >= 0.3 is 0 Å². The van der Waals surface area contributed by atoms with E-state index < -0.39 is 10.0 Å². The number of hydrogen-bond acceptors (Lipinski definition) is 3. The third-order valence-electron chi connectivity index (χ3n) is 4.63. The molecule has 1 aromatic rings. The number of nitrogens with zero attached hydrogens (tertiary/aromatic N) is 1. The van der Waals surface area contributed by atoms with Gasteiger partial charge in [-0.2, -0.15) is 0 Å². The highest BCUT2D eigenvalue weighted by Crippen LogP contribution is 2.18. The van der Waals surface area contributed by atoms with Gasteiger partial charge in [-0.05, 0) is 50.8 Å². The normalized spacial score (nSPS) is 18.2. The van der Waals surface area contributed by atoms with Crippen LogP contribution in [-0.4, -0.2) is 51.9 Å². The SMILES string of the molecule is C[C@H](C(=O)Nc1cccc(S(=O)(=O)N(C)C)c1)[NH+]1CCCCCC1.